The lowest BCUT2D eigenvalue weighted by atomic mass is 10.0. The normalized spacial score (nSPS) is 11.4. The number of H-pyrrole nitrogens is 1. The molecule has 0 spiro atoms. The zero-order valence-corrected chi connectivity index (χ0v) is 16.2. The zero-order chi connectivity index (χ0) is 20.6. The molecular formula is C22H23N5O2. The summed E-state index contributed by atoms with van der Waals surface area (Å²) in [5.41, 5.74) is 2.81. The molecule has 0 fully saturated rings. The summed E-state index contributed by atoms with van der Waals surface area (Å²) in [4.78, 5) is 29.5. The fraction of sp³-hybridized carbons (Fsp3) is 0.227. The molecule has 7 heteroatoms. The van der Waals surface area contributed by atoms with Gasteiger partial charge in [0, 0.05) is 36.6 Å². The second-order valence-electron chi connectivity index (χ2n) is 6.61. The highest BCUT2D eigenvalue weighted by Crippen LogP contribution is 2.19. The van der Waals surface area contributed by atoms with Gasteiger partial charge in [-0.2, -0.15) is 5.26 Å². The lowest BCUT2D eigenvalue weighted by Crippen LogP contribution is -2.51. The van der Waals surface area contributed by atoms with Gasteiger partial charge < -0.3 is 15.6 Å². The first-order chi connectivity index (χ1) is 14.1. The van der Waals surface area contributed by atoms with Gasteiger partial charge in [0.15, 0.2) is 6.19 Å². The zero-order valence-electron chi connectivity index (χ0n) is 16.2. The number of benzene rings is 2. The Morgan fingerprint density at radius 2 is 1.86 bits per heavy atom. The number of nitriles is 1. The summed E-state index contributed by atoms with van der Waals surface area (Å²) >= 11 is 0. The number of urea groups is 1. The highest BCUT2D eigenvalue weighted by Gasteiger charge is 2.26. The van der Waals surface area contributed by atoms with Crippen LogP contribution in [-0.4, -0.2) is 34.4 Å². The maximum atomic E-state index is 12.8. The Morgan fingerprint density at radius 3 is 2.59 bits per heavy atom. The maximum absolute atomic E-state index is 12.8. The van der Waals surface area contributed by atoms with Crippen LogP contribution in [0.2, 0.25) is 0 Å². The summed E-state index contributed by atoms with van der Waals surface area (Å²) in [7, 11) is 0. The van der Waals surface area contributed by atoms with Crippen LogP contribution >= 0.6 is 0 Å². The van der Waals surface area contributed by atoms with Crippen LogP contribution in [0.1, 0.15) is 18.1 Å². The monoisotopic (exact) mass is 389 g/mol. The molecule has 3 aromatic rings. The summed E-state index contributed by atoms with van der Waals surface area (Å²) < 4.78 is 0. The number of nitrogens with zero attached hydrogens (tertiary/aromatic N) is 2. The molecule has 148 valence electrons. The van der Waals surface area contributed by atoms with E-state index in [9.17, 15) is 14.9 Å². The molecule has 1 atom stereocenters. The van der Waals surface area contributed by atoms with Crippen molar-refractivity contribution in [1.82, 2.24) is 20.5 Å². The minimum atomic E-state index is -0.857. The summed E-state index contributed by atoms with van der Waals surface area (Å²) in [6, 6.07) is 15.9. The summed E-state index contributed by atoms with van der Waals surface area (Å²) in [5.74, 6) is -0.435. The fourth-order valence-electron chi connectivity index (χ4n) is 3.17. The lowest BCUT2D eigenvalue weighted by molar-refractivity contribution is -0.129. The molecule has 0 saturated heterocycles. The molecule has 7 nitrogen and oxygen atoms in total. The maximum Gasteiger partial charge on any atom is 0.315 e. The first kappa shape index (κ1) is 20.0. The van der Waals surface area contributed by atoms with E-state index in [1.54, 1.807) is 6.92 Å². The quantitative estimate of drug-likeness (QED) is 0.428. The molecule has 1 aromatic heterocycles. The largest absolute Gasteiger partial charge is 0.361 e. The minimum absolute atomic E-state index is 0.243. The Bertz CT molecular complexity index is 1020. The van der Waals surface area contributed by atoms with Crippen LogP contribution in [0.4, 0.5) is 4.79 Å². The van der Waals surface area contributed by atoms with Crippen molar-refractivity contribution >= 4 is 22.8 Å². The lowest BCUT2D eigenvalue weighted by Gasteiger charge is -2.22. The van der Waals surface area contributed by atoms with E-state index in [-0.39, 0.29) is 13.0 Å². The number of nitrogens with one attached hydrogen (secondary N) is 3. The number of amides is 3. The molecule has 2 aromatic carbocycles. The number of aromatic nitrogens is 1. The van der Waals surface area contributed by atoms with Crippen LogP contribution in [0.15, 0.2) is 60.8 Å². The Morgan fingerprint density at radius 1 is 1.14 bits per heavy atom. The number of carbonyl (C=O) groups excluding carboxylic acids is 2. The molecule has 0 radical (unpaired) electrons. The Labute approximate surface area is 169 Å². The molecular weight excluding hydrogens is 366 g/mol. The van der Waals surface area contributed by atoms with Gasteiger partial charge in [-0.3, -0.25) is 4.79 Å². The summed E-state index contributed by atoms with van der Waals surface area (Å²) in [5, 5.41) is 15.7. The van der Waals surface area contributed by atoms with Gasteiger partial charge in [0.05, 0.1) is 0 Å². The summed E-state index contributed by atoms with van der Waals surface area (Å²) in [6.45, 7) is 2.31. The molecule has 3 rings (SSSR count). The minimum Gasteiger partial charge on any atom is -0.361 e. The van der Waals surface area contributed by atoms with Crippen molar-refractivity contribution in [2.75, 3.05) is 6.54 Å². The molecule has 0 aliphatic heterocycles. The number of fused-ring (bicyclic) bond motifs is 1. The van der Waals surface area contributed by atoms with E-state index in [0.717, 1.165) is 26.9 Å². The number of hydrogen-bond donors (Lipinski definition) is 3. The van der Waals surface area contributed by atoms with Crippen molar-refractivity contribution in [1.29, 1.82) is 5.26 Å². The summed E-state index contributed by atoms with van der Waals surface area (Å²) in [6.07, 6.45) is 3.99. The third-order valence-corrected chi connectivity index (χ3v) is 4.70. The Hall–Kier alpha value is -3.79. The van der Waals surface area contributed by atoms with Crippen molar-refractivity contribution in [3.05, 3.63) is 71.9 Å². The van der Waals surface area contributed by atoms with E-state index in [2.05, 4.69) is 15.6 Å². The van der Waals surface area contributed by atoms with E-state index < -0.39 is 18.0 Å². The fourth-order valence-corrected chi connectivity index (χ4v) is 3.17. The smallest absolute Gasteiger partial charge is 0.315 e. The van der Waals surface area contributed by atoms with Crippen LogP contribution in [-0.2, 0) is 17.8 Å². The molecule has 3 amide bonds. The predicted octanol–water partition coefficient (Wildman–Crippen LogP) is 2.91. The second-order valence-corrected chi connectivity index (χ2v) is 6.61. The molecule has 0 aliphatic rings. The average Bonchev–Trinajstić information content (AvgIpc) is 3.16. The van der Waals surface area contributed by atoms with Gasteiger partial charge in [-0.15, -0.1) is 0 Å². The van der Waals surface area contributed by atoms with E-state index in [1.807, 2.05) is 67.0 Å². The third-order valence-electron chi connectivity index (χ3n) is 4.70. The first-order valence-corrected chi connectivity index (χ1v) is 9.46. The second kappa shape index (κ2) is 9.42. The highest BCUT2D eigenvalue weighted by molar-refractivity contribution is 5.90. The molecule has 1 heterocycles. The molecule has 0 saturated carbocycles. The van der Waals surface area contributed by atoms with Crippen molar-refractivity contribution < 1.29 is 9.59 Å². The van der Waals surface area contributed by atoms with E-state index in [0.29, 0.717) is 6.54 Å². The number of hydrogen-bond acceptors (Lipinski definition) is 3. The van der Waals surface area contributed by atoms with Crippen LogP contribution in [0.3, 0.4) is 0 Å². The van der Waals surface area contributed by atoms with Gasteiger partial charge in [0.1, 0.15) is 6.04 Å². The molecule has 1 unspecified atom stereocenters. The molecule has 0 aliphatic carbocycles. The van der Waals surface area contributed by atoms with Gasteiger partial charge >= 0.3 is 6.03 Å². The van der Waals surface area contributed by atoms with Crippen LogP contribution in [0.25, 0.3) is 10.9 Å². The van der Waals surface area contributed by atoms with E-state index in [1.165, 1.54) is 0 Å². The van der Waals surface area contributed by atoms with Crippen molar-refractivity contribution in [3.8, 4) is 6.19 Å². The first-order valence-electron chi connectivity index (χ1n) is 9.46. The standard InChI is InChI=1S/C22H23N5O2/c1-2-27(15-23)21(28)20(12-17-14-24-19-11-7-6-10-18(17)19)26-22(29)25-13-16-8-4-3-5-9-16/h3-11,14,20,24H,2,12-13H2,1H3,(H2,25,26,29). The number of likely N-dealkylation sites (N-methyl/N-ethyl adjacent to an activating group) is 1. The van der Waals surface area contributed by atoms with Crippen molar-refractivity contribution in [3.63, 3.8) is 0 Å². The van der Waals surface area contributed by atoms with E-state index in [4.69, 9.17) is 0 Å². The van der Waals surface area contributed by atoms with Gasteiger partial charge in [0.25, 0.3) is 5.91 Å². The Kier molecular flexibility index (Phi) is 6.48. The van der Waals surface area contributed by atoms with Gasteiger partial charge in [-0.25, -0.2) is 9.69 Å². The van der Waals surface area contributed by atoms with Crippen LogP contribution in [0.5, 0.6) is 0 Å². The molecule has 0 bridgehead atoms. The predicted molar refractivity (Wildman–Crippen MR) is 111 cm³/mol. The van der Waals surface area contributed by atoms with Crippen molar-refractivity contribution in [2.24, 2.45) is 0 Å². The topological polar surface area (TPSA) is 101 Å². The number of rotatable bonds is 7. The van der Waals surface area contributed by atoms with E-state index >= 15 is 0 Å². The number of carbonyl (C=O) groups is 2. The SMILES string of the molecule is CCN(C#N)C(=O)C(Cc1c[nH]c2ccccc12)NC(=O)NCc1ccccc1. The van der Waals surface area contributed by atoms with Gasteiger partial charge in [0.2, 0.25) is 0 Å². The number of aromatic amines is 1. The molecule has 29 heavy (non-hydrogen) atoms. The van der Waals surface area contributed by atoms with Crippen LogP contribution < -0.4 is 10.6 Å². The molecule has 3 N–H and O–H groups in total. The Balaban J connectivity index is 1.74. The number of para-hydroxylation sites is 1. The van der Waals surface area contributed by atoms with Crippen molar-refractivity contribution in [2.45, 2.75) is 25.9 Å². The third kappa shape index (κ3) is 4.93. The highest BCUT2D eigenvalue weighted by atomic mass is 16.2. The average molecular weight is 389 g/mol. The van der Waals surface area contributed by atoms with Gasteiger partial charge in [-0.1, -0.05) is 48.5 Å². The van der Waals surface area contributed by atoms with Crippen LogP contribution in [0, 0.1) is 11.5 Å². The van der Waals surface area contributed by atoms with Gasteiger partial charge in [-0.05, 0) is 24.1 Å².